The molecule has 0 aliphatic carbocycles. The third kappa shape index (κ3) is 2.47. The molecule has 0 aromatic heterocycles. The van der Waals surface area contributed by atoms with Gasteiger partial charge in [-0.3, -0.25) is 4.79 Å². The Morgan fingerprint density at radius 2 is 2.25 bits per heavy atom. The molecule has 0 atom stereocenters. The number of carbonyl (C=O) groups is 1. The van der Waals surface area contributed by atoms with E-state index in [1.165, 1.54) is 0 Å². The van der Waals surface area contributed by atoms with Crippen LogP contribution >= 0.6 is 0 Å². The van der Waals surface area contributed by atoms with E-state index in [0.29, 0.717) is 5.56 Å². The third-order valence-electron chi connectivity index (χ3n) is 1.71. The summed E-state index contributed by atoms with van der Waals surface area (Å²) in [6.07, 6.45) is 2.42. The van der Waals surface area contributed by atoms with Crippen molar-refractivity contribution in [3.8, 4) is 0 Å². The van der Waals surface area contributed by atoms with E-state index in [2.05, 4.69) is 0 Å². The van der Waals surface area contributed by atoms with Gasteiger partial charge in [0.15, 0.2) is 0 Å². The maximum atomic E-state index is 10.4. The van der Waals surface area contributed by atoms with Gasteiger partial charge in [0.1, 0.15) is 6.29 Å². The molecule has 0 heterocycles. The Labute approximate surface area is 71.8 Å². The number of aldehydes is 1. The second-order valence-electron chi connectivity index (χ2n) is 2.69. The summed E-state index contributed by atoms with van der Waals surface area (Å²) in [6.45, 7) is 0.200. The molecule has 0 aliphatic heterocycles. The van der Waals surface area contributed by atoms with Crippen LogP contribution in [0.1, 0.15) is 22.3 Å². The lowest BCUT2D eigenvalue weighted by Gasteiger charge is -1.99. The Morgan fingerprint density at radius 3 is 2.92 bits per heavy atom. The predicted molar refractivity (Wildman–Crippen MR) is 47.2 cm³/mol. The first-order chi connectivity index (χ1) is 5.86. The first kappa shape index (κ1) is 8.94. The summed E-state index contributed by atoms with van der Waals surface area (Å²) in [5, 5.41) is 8.58. The normalized spacial score (nSPS) is 9.75. The summed E-state index contributed by atoms with van der Waals surface area (Å²) in [5.41, 5.74) is 1.80. The van der Waals surface area contributed by atoms with E-state index in [1.54, 1.807) is 6.07 Å². The third-order valence-corrected chi connectivity index (χ3v) is 1.71. The summed E-state index contributed by atoms with van der Waals surface area (Å²) in [6, 6.07) is 7.44. The fourth-order valence-corrected chi connectivity index (χ4v) is 1.11. The van der Waals surface area contributed by atoms with Gasteiger partial charge in [0, 0.05) is 12.2 Å². The van der Waals surface area contributed by atoms with Crippen molar-refractivity contribution in [3.05, 3.63) is 35.4 Å². The second kappa shape index (κ2) is 4.67. The average Bonchev–Trinajstić information content (AvgIpc) is 2.15. The molecule has 64 valence electrons. The van der Waals surface area contributed by atoms with Crippen LogP contribution in [0.5, 0.6) is 0 Å². The fraction of sp³-hybridized carbons (Fsp3) is 0.300. The molecule has 0 bridgehead atoms. The predicted octanol–water partition coefficient (Wildman–Crippen LogP) is 1.42. The molecule has 0 unspecified atom stereocenters. The van der Waals surface area contributed by atoms with Gasteiger partial charge in [-0.1, -0.05) is 18.2 Å². The van der Waals surface area contributed by atoms with Crippen LogP contribution in [0.25, 0.3) is 0 Å². The minimum atomic E-state index is 0.200. The molecule has 0 saturated heterocycles. The van der Waals surface area contributed by atoms with E-state index in [0.717, 1.165) is 24.7 Å². The molecule has 0 amide bonds. The van der Waals surface area contributed by atoms with Crippen molar-refractivity contribution in [3.63, 3.8) is 0 Å². The molecule has 2 nitrogen and oxygen atoms in total. The van der Waals surface area contributed by atoms with Gasteiger partial charge in [-0.05, 0) is 24.5 Å². The van der Waals surface area contributed by atoms with E-state index >= 15 is 0 Å². The molecule has 2 heteroatoms. The van der Waals surface area contributed by atoms with E-state index in [1.807, 2.05) is 18.2 Å². The Bertz CT molecular complexity index is 256. The SMILES string of the molecule is O=Cc1cccc(CCCO)c1. The van der Waals surface area contributed by atoms with E-state index in [4.69, 9.17) is 5.11 Å². The topological polar surface area (TPSA) is 37.3 Å². The molecule has 0 aliphatic rings. The molecule has 1 aromatic rings. The highest BCUT2D eigenvalue weighted by molar-refractivity contribution is 5.74. The first-order valence-electron chi connectivity index (χ1n) is 4.02. The molecular formula is C10H12O2. The van der Waals surface area contributed by atoms with Crippen molar-refractivity contribution >= 4 is 6.29 Å². The first-order valence-corrected chi connectivity index (χ1v) is 4.02. The summed E-state index contributed by atoms with van der Waals surface area (Å²) >= 11 is 0. The molecule has 0 radical (unpaired) electrons. The Kier molecular flexibility index (Phi) is 3.48. The average molecular weight is 164 g/mol. The minimum Gasteiger partial charge on any atom is -0.396 e. The molecule has 0 fully saturated rings. The van der Waals surface area contributed by atoms with Gasteiger partial charge in [-0.2, -0.15) is 0 Å². The van der Waals surface area contributed by atoms with Crippen LogP contribution in [0.15, 0.2) is 24.3 Å². The van der Waals surface area contributed by atoms with E-state index < -0.39 is 0 Å². The summed E-state index contributed by atoms with van der Waals surface area (Å²) in [5.74, 6) is 0. The lowest BCUT2D eigenvalue weighted by Crippen LogP contribution is -1.90. The van der Waals surface area contributed by atoms with Crippen LogP contribution < -0.4 is 0 Å². The molecule has 1 N–H and O–H groups in total. The molecule has 0 spiro atoms. The van der Waals surface area contributed by atoms with E-state index in [-0.39, 0.29) is 6.61 Å². The minimum absolute atomic E-state index is 0.200. The van der Waals surface area contributed by atoms with Crippen molar-refractivity contribution < 1.29 is 9.90 Å². The molecule has 12 heavy (non-hydrogen) atoms. The van der Waals surface area contributed by atoms with Crippen molar-refractivity contribution in [1.29, 1.82) is 0 Å². The number of rotatable bonds is 4. The zero-order valence-electron chi connectivity index (χ0n) is 6.86. The highest BCUT2D eigenvalue weighted by Crippen LogP contribution is 2.05. The fourth-order valence-electron chi connectivity index (χ4n) is 1.11. The smallest absolute Gasteiger partial charge is 0.150 e. The number of aryl methyl sites for hydroxylation is 1. The van der Waals surface area contributed by atoms with Crippen molar-refractivity contribution in [2.45, 2.75) is 12.8 Å². The lowest BCUT2D eigenvalue weighted by atomic mass is 10.1. The van der Waals surface area contributed by atoms with Crippen LogP contribution in [0.4, 0.5) is 0 Å². The van der Waals surface area contributed by atoms with Crippen LogP contribution in [-0.4, -0.2) is 18.0 Å². The maximum absolute atomic E-state index is 10.4. The zero-order chi connectivity index (χ0) is 8.81. The number of hydrogen-bond donors (Lipinski definition) is 1. The maximum Gasteiger partial charge on any atom is 0.150 e. The van der Waals surface area contributed by atoms with Gasteiger partial charge in [0.05, 0.1) is 0 Å². The van der Waals surface area contributed by atoms with Gasteiger partial charge in [0.25, 0.3) is 0 Å². The van der Waals surface area contributed by atoms with Crippen LogP contribution in [0.2, 0.25) is 0 Å². The quantitative estimate of drug-likeness (QED) is 0.683. The van der Waals surface area contributed by atoms with Crippen LogP contribution in [-0.2, 0) is 6.42 Å². The standard InChI is InChI=1S/C10H12O2/c11-6-2-5-9-3-1-4-10(7-9)8-12/h1,3-4,7-8,11H,2,5-6H2. The zero-order valence-corrected chi connectivity index (χ0v) is 6.86. The van der Waals surface area contributed by atoms with Crippen molar-refractivity contribution in [2.75, 3.05) is 6.61 Å². The highest BCUT2D eigenvalue weighted by Gasteiger charge is 1.93. The molecule has 1 aromatic carbocycles. The second-order valence-corrected chi connectivity index (χ2v) is 2.69. The molecule has 1 rings (SSSR count). The number of aliphatic hydroxyl groups is 1. The van der Waals surface area contributed by atoms with Gasteiger partial charge < -0.3 is 5.11 Å². The van der Waals surface area contributed by atoms with Gasteiger partial charge in [0.2, 0.25) is 0 Å². The Hall–Kier alpha value is -1.15. The summed E-state index contributed by atoms with van der Waals surface area (Å²) in [7, 11) is 0. The Morgan fingerprint density at radius 1 is 1.42 bits per heavy atom. The number of benzene rings is 1. The number of aliphatic hydroxyl groups excluding tert-OH is 1. The Balaban J connectivity index is 2.66. The van der Waals surface area contributed by atoms with Crippen LogP contribution in [0, 0.1) is 0 Å². The number of hydrogen-bond acceptors (Lipinski definition) is 2. The summed E-state index contributed by atoms with van der Waals surface area (Å²) < 4.78 is 0. The molecule has 0 saturated carbocycles. The largest absolute Gasteiger partial charge is 0.396 e. The van der Waals surface area contributed by atoms with Crippen molar-refractivity contribution in [1.82, 2.24) is 0 Å². The lowest BCUT2D eigenvalue weighted by molar-refractivity contribution is 0.112. The van der Waals surface area contributed by atoms with Crippen molar-refractivity contribution in [2.24, 2.45) is 0 Å². The number of carbonyl (C=O) groups excluding carboxylic acids is 1. The molecular weight excluding hydrogens is 152 g/mol. The van der Waals surface area contributed by atoms with E-state index in [9.17, 15) is 4.79 Å². The summed E-state index contributed by atoms with van der Waals surface area (Å²) in [4.78, 5) is 10.4. The van der Waals surface area contributed by atoms with Gasteiger partial charge >= 0.3 is 0 Å². The van der Waals surface area contributed by atoms with Gasteiger partial charge in [-0.25, -0.2) is 0 Å². The van der Waals surface area contributed by atoms with Crippen LogP contribution in [0.3, 0.4) is 0 Å². The monoisotopic (exact) mass is 164 g/mol. The highest BCUT2D eigenvalue weighted by atomic mass is 16.2. The van der Waals surface area contributed by atoms with Gasteiger partial charge in [-0.15, -0.1) is 0 Å².